The molecule has 0 aliphatic carbocycles. The van der Waals surface area contributed by atoms with Crippen molar-refractivity contribution in [1.29, 1.82) is 0 Å². The molecule has 0 aromatic carbocycles. The van der Waals surface area contributed by atoms with Crippen molar-refractivity contribution >= 4 is 13.8 Å². The summed E-state index contributed by atoms with van der Waals surface area (Å²) in [6, 6.07) is 0. The van der Waals surface area contributed by atoms with Crippen LogP contribution in [-0.4, -0.2) is 70.7 Å². The monoisotopic (exact) mass is 662 g/mol. The third kappa shape index (κ3) is 34.4. The molecular weight excluding hydrogens is 589 g/mol. The lowest BCUT2D eigenvalue weighted by Gasteiger charge is -2.28. The third-order valence-corrected chi connectivity index (χ3v) is 8.78. The van der Waals surface area contributed by atoms with E-state index in [0.29, 0.717) is 24.1 Å². The summed E-state index contributed by atoms with van der Waals surface area (Å²) in [4.78, 5) is 24.8. The van der Waals surface area contributed by atoms with E-state index in [4.69, 9.17) is 18.5 Å². The SMILES string of the molecule is CCCCCCC/C=C\CCCCCCCCOCC(COP(=O)([O-])OCC[N+](C)(C)C)OC(=O)CCCCCCCCCC. The zero-order chi connectivity index (χ0) is 33.5. The quantitative estimate of drug-likeness (QED) is 0.0223. The van der Waals surface area contributed by atoms with Crippen LogP contribution >= 0.6 is 7.82 Å². The lowest BCUT2D eigenvalue weighted by Crippen LogP contribution is -2.37. The lowest BCUT2D eigenvalue weighted by atomic mass is 10.1. The number of esters is 1. The number of carbonyl (C=O) groups excluding carboxylic acids is 1. The van der Waals surface area contributed by atoms with E-state index in [0.717, 1.165) is 32.1 Å². The number of nitrogens with zero attached hydrogens (tertiary/aromatic N) is 1. The molecule has 0 aromatic heterocycles. The molecule has 0 N–H and O–H groups in total. The first-order valence-electron chi connectivity index (χ1n) is 18.4. The maximum absolute atomic E-state index is 12.5. The van der Waals surface area contributed by atoms with Gasteiger partial charge in [0.25, 0.3) is 7.82 Å². The van der Waals surface area contributed by atoms with Crippen LogP contribution < -0.4 is 4.89 Å². The van der Waals surface area contributed by atoms with Crippen molar-refractivity contribution < 1.29 is 37.3 Å². The highest BCUT2D eigenvalue weighted by Gasteiger charge is 2.20. The Hall–Kier alpha value is -0.760. The molecule has 0 radical (unpaired) electrons. The summed E-state index contributed by atoms with van der Waals surface area (Å²) < 4.78 is 34.3. The summed E-state index contributed by atoms with van der Waals surface area (Å²) in [5, 5.41) is 0. The number of hydrogen-bond donors (Lipinski definition) is 0. The number of phosphoric ester groups is 1. The van der Waals surface area contributed by atoms with E-state index < -0.39 is 13.9 Å². The molecule has 0 rings (SSSR count). The van der Waals surface area contributed by atoms with Crippen LogP contribution in [0.5, 0.6) is 0 Å². The predicted octanol–water partition coefficient (Wildman–Crippen LogP) is 9.30. The first-order chi connectivity index (χ1) is 21.6. The second kappa shape index (κ2) is 30.6. The normalized spacial score (nSPS) is 14.2. The van der Waals surface area contributed by atoms with Crippen molar-refractivity contribution in [3.63, 3.8) is 0 Å². The van der Waals surface area contributed by atoms with Crippen molar-refractivity contribution in [1.82, 2.24) is 0 Å². The van der Waals surface area contributed by atoms with Crippen LogP contribution in [0.2, 0.25) is 0 Å². The third-order valence-electron chi connectivity index (χ3n) is 7.82. The molecule has 0 saturated carbocycles. The standard InChI is InChI=1S/C36H72NO7P/c1-6-8-10-12-14-16-17-18-19-20-21-22-24-26-28-31-41-33-35(34-43-45(39,40)42-32-30-37(3,4)5)44-36(38)29-27-25-23-15-13-11-9-7-2/h17-18,35H,6-16,19-34H2,1-5H3/b18-17-. The highest BCUT2D eigenvalue weighted by molar-refractivity contribution is 7.45. The Morgan fingerprint density at radius 3 is 1.69 bits per heavy atom. The summed E-state index contributed by atoms with van der Waals surface area (Å²) in [5.41, 5.74) is 0. The number of unbranched alkanes of at least 4 members (excludes halogenated alkanes) is 18. The minimum atomic E-state index is -4.51. The van der Waals surface area contributed by atoms with Gasteiger partial charge in [-0.05, 0) is 38.5 Å². The van der Waals surface area contributed by atoms with E-state index in [2.05, 4.69) is 26.0 Å². The van der Waals surface area contributed by atoms with Crippen molar-refractivity contribution in [2.75, 3.05) is 54.1 Å². The van der Waals surface area contributed by atoms with Gasteiger partial charge in [-0.1, -0.05) is 122 Å². The van der Waals surface area contributed by atoms with Crippen LogP contribution in [0.3, 0.4) is 0 Å². The van der Waals surface area contributed by atoms with Crippen LogP contribution in [-0.2, 0) is 27.9 Å². The topological polar surface area (TPSA) is 94.1 Å². The Morgan fingerprint density at radius 1 is 0.667 bits per heavy atom. The van der Waals surface area contributed by atoms with Crippen LogP contribution in [0, 0.1) is 0 Å². The van der Waals surface area contributed by atoms with Crippen molar-refractivity contribution in [2.45, 2.75) is 161 Å². The highest BCUT2D eigenvalue weighted by atomic mass is 31.2. The zero-order valence-electron chi connectivity index (χ0n) is 30.1. The van der Waals surface area contributed by atoms with E-state index in [1.807, 2.05) is 21.1 Å². The van der Waals surface area contributed by atoms with Crippen molar-refractivity contribution in [2.24, 2.45) is 0 Å². The maximum Gasteiger partial charge on any atom is 0.306 e. The number of likely N-dealkylation sites (N-methyl/N-ethyl adjacent to an activating group) is 1. The molecule has 0 heterocycles. The predicted molar refractivity (Wildman–Crippen MR) is 185 cm³/mol. The summed E-state index contributed by atoms with van der Waals surface area (Å²) in [6.07, 6.45) is 29.4. The smallest absolute Gasteiger partial charge is 0.306 e. The van der Waals surface area contributed by atoms with Crippen LogP contribution in [0.1, 0.15) is 155 Å². The average Bonchev–Trinajstić information content (AvgIpc) is 2.98. The van der Waals surface area contributed by atoms with E-state index in [1.165, 1.54) is 103 Å². The van der Waals surface area contributed by atoms with Gasteiger partial charge in [0.05, 0.1) is 34.4 Å². The maximum atomic E-state index is 12.5. The van der Waals surface area contributed by atoms with E-state index in [1.54, 1.807) is 0 Å². The minimum Gasteiger partial charge on any atom is -0.756 e. The molecule has 0 aliphatic heterocycles. The Morgan fingerprint density at radius 2 is 1.16 bits per heavy atom. The van der Waals surface area contributed by atoms with Crippen LogP contribution in [0.15, 0.2) is 12.2 Å². The molecule has 2 atom stereocenters. The molecule has 2 unspecified atom stereocenters. The molecule has 9 heteroatoms. The number of quaternary nitrogens is 1. The first kappa shape index (κ1) is 44.2. The largest absolute Gasteiger partial charge is 0.756 e. The fraction of sp³-hybridized carbons (Fsp3) is 0.917. The van der Waals surface area contributed by atoms with Gasteiger partial charge in [0, 0.05) is 13.0 Å². The lowest BCUT2D eigenvalue weighted by molar-refractivity contribution is -0.870. The summed E-state index contributed by atoms with van der Waals surface area (Å²) in [5.74, 6) is -0.341. The Kier molecular flexibility index (Phi) is 30.0. The summed E-state index contributed by atoms with van der Waals surface area (Å²) in [6.45, 7) is 5.36. The van der Waals surface area contributed by atoms with E-state index in [9.17, 15) is 14.3 Å². The molecule has 0 bridgehead atoms. The fourth-order valence-electron chi connectivity index (χ4n) is 4.89. The second-order valence-electron chi connectivity index (χ2n) is 13.6. The van der Waals surface area contributed by atoms with Gasteiger partial charge < -0.3 is 27.9 Å². The molecule has 0 aliphatic rings. The van der Waals surface area contributed by atoms with Gasteiger partial charge in [0.2, 0.25) is 0 Å². The number of carbonyl (C=O) groups is 1. The number of phosphoric acid groups is 1. The molecule has 0 fully saturated rings. The molecule has 0 spiro atoms. The van der Waals surface area contributed by atoms with Gasteiger partial charge in [-0.3, -0.25) is 9.36 Å². The first-order valence-corrected chi connectivity index (χ1v) is 19.9. The fourth-order valence-corrected chi connectivity index (χ4v) is 5.62. The molecule has 0 saturated heterocycles. The molecule has 8 nitrogen and oxygen atoms in total. The highest BCUT2D eigenvalue weighted by Crippen LogP contribution is 2.38. The molecule has 0 amide bonds. The van der Waals surface area contributed by atoms with Gasteiger partial charge in [-0.2, -0.15) is 0 Å². The number of rotatable bonds is 34. The van der Waals surface area contributed by atoms with Crippen molar-refractivity contribution in [3.05, 3.63) is 12.2 Å². The summed E-state index contributed by atoms with van der Waals surface area (Å²) in [7, 11) is 1.36. The van der Waals surface area contributed by atoms with Crippen LogP contribution in [0.25, 0.3) is 0 Å². The van der Waals surface area contributed by atoms with E-state index >= 15 is 0 Å². The number of ether oxygens (including phenoxy) is 2. The molecule has 268 valence electrons. The second-order valence-corrected chi connectivity index (χ2v) is 15.0. The van der Waals surface area contributed by atoms with E-state index in [-0.39, 0.29) is 25.8 Å². The zero-order valence-corrected chi connectivity index (χ0v) is 31.0. The van der Waals surface area contributed by atoms with Gasteiger partial charge in [-0.25, -0.2) is 0 Å². The number of allylic oxidation sites excluding steroid dienone is 2. The molecule has 0 aromatic rings. The number of hydrogen-bond acceptors (Lipinski definition) is 7. The van der Waals surface area contributed by atoms with Gasteiger partial charge in [0.1, 0.15) is 19.3 Å². The van der Waals surface area contributed by atoms with Gasteiger partial charge in [0.15, 0.2) is 0 Å². The Balaban J connectivity index is 4.26. The average molecular weight is 662 g/mol. The Bertz CT molecular complexity index is 741. The Labute approximate surface area is 278 Å². The summed E-state index contributed by atoms with van der Waals surface area (Å²) >= 11 is 0. The van der Waals surface area contributed by atoms with Gasteiger partial charge in [-0.15, -0.1) is 0 Å². The molecule has 45 heavy (non-hydrogen) atoms. The van der Waals surface area contributed by atoms with Crippen molar-refractivity contribution in [3.8, 4) is 0 Å². The van der Waals surface area contributed by atoms with Crippen LogP contribution in [0.4, 0.5) is 0 Å². The molecular formula is C36H72NO7P. The van der Waals surface area contributed by atoms with Gasteiger partial charge >= 0.3 is 5.97 Å². The minimum absolute atomic E-state index is 0.0274.